The van der Waals surface area contributed by atoms with Crippen molar-refractivity contribution in [2.24, 2.45) is 0 Å². The largest absolute Gasteiger partial charge is 0.345 e. The summed E-state index contributed by atoms with van der Waals surface area (Å²) in [6, 6.07) is 12.6. The van der Waals surface area contributed by atoms with Gasteiger partial charge >= 0.3 is 6.03 Å². The van der Waals surface area contributed by atoms with Gasteiger partial charge in [0.15, 0.2) is 0 Å². The van der Waals surface area contributed by atoms with E-state index in [0.29, 0.717) is 46.8 Å². The maximum absolute atomic E-state index is 12.7. The predicted molar refractivity (Wildman–Crippen MR) is 128 cm³/mol. The Balaban J connectivity index is 1.34. The molecule has 0 bridgehead atoms. The van der Waals surface area contributed by atoms with Gasteiger partial charge in [0, 0.05) is 54.8 Å². The first-order valence-electron chi connectivity index (χ1n) is 9.81. The lowest BCUT2D eigenvalue weighted by Crippen LogP contribution is -2.38. The van der Waals surface area contributed by atoms with Crippen LogP contribution >= 0.6 is 46.3 Å². The first kappa shape index (κ1) is 22.1. The second-order valence-electron chi connectivity index (χ2n) is 7.18. The van der Waals surface area contributed by atoms with Gasteiger partial charge in [-0.25, -0.2) is 9.78 Å². The highest BCUT2D eigenvalue weighted by Gasteiger charge is 2.21. The van der Waals surface area contributed by atoms with E-state index in [1.54, 1.807) is 23.1 Å². The van der Waals surface area contributed by atoms with Gasteiger partial charge in [-0.15, -0.1) is 0 Å². The number of carbonyl (C=O) groups is 1. The van der Waals surface area contributed by atoms with E-state index in [2.05, 4.69) is 14.6 Å². The van der Waals surface area contributed by atoms with Crippen LogP contribution in [0.25, 0.3) is 0 Å². The molecule has 0 aliphatic carbocycles. The van der Waals surface area contributed by atoms with Crippen LogP contribution in [0.3, 0.4) is 0 Å². The molecule has 1 fully saturated rings. The molecule has 1 aliphatic rings. The molecule has 0 radical (unpaired) electrons. The van der Waals surface area contributed by atoms with Crippen molar-refractivity contribution >= 4 is 63.2 Å². The Morgan fingerprint density at radius 2 is 1.81 bits per heavy atom. The second kappa shape index (κ2) is 10.0. The zero-order chi connectivity index (χ0) is 21.8. The molecule has 4 rings (SSSR count). The van der Waals surface area contributed by atoms with Crippen molar-refractivity contribution in [1.29, 1.82) is 0 Å². The van der Waals surface area contributed by atoms with Crippen molar-refractivity contribution in [1.82, 2.24) is 14.3 Å². The van der Waals surface area contributed by atoms with Gasteiger partial charge in [-0.05, 0) is 42.3 Å². The molecule has 2 amide bonds. The number of halogens is 3. The fraction of sp³-hybridized carbons (Fsp3) is 0.286. The average Bonchev–Trinajstić information content (AvgIpc) is 3.07. The highest BCUT2D eigenvalue weighted by molar-refractivity contribution is 7.09. The van der Waals surface area contributed by atoms with E-state index in [1.807, 2.05) is 24.3 Å². The minimum Gasteiger partial charge on any atom is -0.345 e. The standard InChI is InChI=1S/C21H20Cl3N5OS/c22-15-4-2-14(3-5-15)12-19-26-21(31-27-19)29-9-1-8-28(10-11-29)20(30)25-16-6-7-17(23)18(24)13-16/h2-7,13H,1,8-12H2,(H,25,30). The summed E-state index contributed by atoms with van der Waals surface area (Å²) in [5, 5.41) is 5.35. The monoisotopic (exact) mass is 495 g/mol. The Morgan fingerprint density at radius 1 is 1.00 bits per heavy atom. The summed E-state index contributed by atoms with van der Waals surface area (Å²) in [7, 11) is 0. The molecule has 6 nitrogen and oxygen atoms in total. The van der Waals surface area contributed by atoms with Crippen LogP contribution in [0.15, 0.2) is 42.5 Å². The van der Waals surface area contributed by atoms with Crippen molar-refractivity contribution < 1.29 is 4.79 Å². The molecule has 2 heterocycles. The smallest absolute Gasteiger partial charge is 0.321 e. The molecule has 1 N–H and O–H groups in total. The second-order valence-corrected chi connectivity index (χ2v) is 9.16. The summed E-state index contributed by atoms with van der Waals surface area (Å²) in [4.78, 5) is 21.4. The number of urea groups is 1. The third-order valence-electron chi connectivity index (χ3n) is 4.96. The molecule has 0 saturated carbocycles. The van der Waals surface area contributed by atoms with Crippen molar-refractivity contribution in [3.05, 3.63) is 68.9 Å². The SMILES string of the molecule is O=C(Nc1ccc(Cl)c(Cl)c1)N1CCCN(c2nc(Cc3ccc(Cl)cc3)ns2)CC1. The van der Waals surface area contributed by atoms with E-state index in [1.165, 1.54) is 11.5 Å². The molecule has 0 atom stereocenters. The van der Waals surface area contributed by atoms with Crippen LogP contribution in [0, 0.1) is 0 Å². The highest BCUT2D eigenvalue weighted by Crippen LogP contribution is 2.25. The van der Waals surface area contributed by atoms with Crippen LogP contribution in [0.4, 0.5) is 15.6 Å². The lowest BCUT2D eigenvalue weighted by Gasteiger charge is -2.22. The average molecular weight is 497 g/mol. The van der Waals surface area contributed by atoms with Crippen LogP contribution < -0.4 is 10.2 Å². The minimum atomic E-state index is -0.152. The minimum absolute atomic E-state index is 0.152. The summed E-state index contributed by atoms with van der Waals surface area (Å²) >= 11 is 19.3. The van der Waals surface area contributed by atoms with Crippen LogP contribution in [-0.2, 0) is 6.42 Å². The third-order valence-corrected chi connectivity index (χ3v) is 6.76. The quantitative estimate of drug-likeness (QED) is 0.493. The van der Waals surface area contributed by atoms with E-state index >= 15 is 0 Å². The van der Waals surface area contributed by atoms with E-state index < -0.39 is 0 Å². The number of nitrogens with one attached hydrogen (secondary N) is 1. The molecule has 0 spiro atoms. The van der Waals surface area contributed by atoms with Crippen LogP contribution in [0.1, 0.15) is 17.8 Å². The fourth-order valence-corrected chi connectivity index (χ4v) is 4.48. The first-order chi connectivity index (χ1) is 15.0. The molecule has 2 aromatic carbocycles. The Bertz CT molecular complexity index is 1060. The van der Waals surface area contributed by atoms with Crippen molar-refractivity contribution in [3.8, 4) is 0 Å². The maximum Gasteiger partial charge on any atom is 0.321 e. The molecular weight excluding hydrogens is 477 g/mol. The van der Waals surface area contributed by atoms with E-state index in [4.69, 9.17) is 39.8 Å². The predicted octanol–water partition coefficient (Wildman–Crippen LogP) is 5.83. The van der Waals surface area contributed by atoms with Gasteiger partial charge in [0.2, 0.25) is 5.13 Å². The van der Waals surface area contributed by atoms with Gasteiger partial charge < -0.3 is 15.1 Å². The molecule has 3 aromatic rings. The highest BCUT2D eigenvalue weighted by atomic mass is 35.5. The molecule has 31 heavy (non-hydrogen) atoms. The fourth-order valence-electron chi connectivity index (χ4n) is 3.32. The number of anilines is 2. The van der Waals surface area contributed by atoms with Crippen molar-refractivity contribution in [2.45, 2.75) is 12.8 Å². The van der Waals surface area contributed by atoms with Crippen LogP contribution in [0.5, 0.6) is 0 Å². The number of benzene rings is 2. The van der Waals surface area contributed by atoms with Gasteiger partial charge in [0.05, 0.1) is 10.0 Å². The summed E-state index contributed by atoms with van der Waals surface area (Å²) in [6.07, 6.45) is 1.51. The Kier molecular flexibility index (Phi) is 7.17. The van der Waals surface area contributed by atoms with Crippen molar-refractivity contribution in [2.75, 3.05) is 36.4 Å². The Hall–Kier alpha value is -2.06. The van der Waals surface area contributed by atoms with E-state index in [-0.39, 0.29) is 6.03 Å². The third kappa shape index (κ3) is 5.80. The zero-order valence-electron chi connectivity index (χ0n) is 16.5. The van der Waals surface area contributed by atoms with E-state index in [9.17, 15) is 4.79 Å². The number of carbonyl (C=O) groups excluding carboxylic acids is 1. The van der Waals surface area contributed by atoms with Gasteiger partial charge in [-0.3, -0.25) is 0 Å². The Labute approximate surface area is 199 Å². The maximum atomic E-state index is 12.7. The molecule has 162 valence electrons. The van der Waals surface area contributed by atoms with Gasteiger partial charge in [0.25, 0.3) is 0 Å². The molecule has 10 heteroatoms. The van der Waals surface area contributed by atoms with Gasteiger partial charge in [-0.2, -0.15) is 4.37 Å². The summed E-state index contributed by atoms with van der Waals surface area (Å²) in [5.41, 5.74) is 1.74. The summed E-state index contributed by atoms with van der Waals surface area (Å²) < 4.78 is 4.50. The van der Waals surface area contributed by atoms with Crippen LogP contribution in [-0.4, -0.2) is 46.5 Å². The number of hydrogen-bond donors (Lipinski definition) is 1. The number of aromatic nitrogens is 2. The molecule has 1 aliphatic heterocycles. The number of rotatable bonds is 4. The van der Waals surface area contributed by atoms with Gasteiger partial charge in [-0.1, -0.05) is 46.9 Å². The molecule has 1 saturated heterocycles. The molecular formula is C21H20Cl3N5OS. The summed E-state index contributed by atoms with van der Waals surface area (Å²) in [6.45, 7) is 2.79. The molecule has 1 aromatic heterocycles. The lowest BCUT2D eigenvalue weighted by atomic mass is 10.1. The first-order valence-corrected chi connectivity index (χ1v) is 11.7. The number of amides is 2. The zero-order valence-corrected chi connectivity index (χ0v) is 19.6. The van der Waals surface area contributed by atoms with Crippen LogP contribution in [0.2, 0.25) is 15.1 Å². The van der Waals surface area contributed by atoms with Gasteiger partial charge in [0.1, 0.15) is 5.82 Å². The molecule has 0 unspecified atom stereocenters. The normalized spacial score (nSPS) is 14.4. The number of hydrogen-bond acceptors (Lipinski definition) is 5. The lowest BCUT2D eigenvalue weighted by molar-refractivity contribution is 0.215. The topological polar surface area (TPSA) is 61.4 Å². The van der Waals surface area contributed by atoms with Crippen molar-refractivity contribution in [3.63, 3.8) is 0 Å². The Morgan fingerprint density at radius 3 is 2.58 bits per heavy atom. The summed E-state index contributed by atoms with van der Waals surface area (Å²) in [5.74, 6) is 0.792. The van der Waals surface area contributed by atoms with E-state index in [0.717, 1.165) is 29.5 Å². The number of nitrogens with zero attached hydrogens (tertiary/aromatic N) is 4.